The molecular formula is C13H21N3OS. The Bertz CT molecular complexity index is 380. The molecule has 4 nitrogen and oxygen atoms in total. The van der Waals surface area contributed by atoms with E-state index in [4.69, 9.17) is 5.73 Å². The highest BCUT2D eigenvalue weighted by molar-refractivity contribution is 7.09. The van der Waals surface area contributed by atoms with Crippen molar-refractivity contribution < 1.29 is 4.79 Å². The minimum Gasteiger partial charge on any atom is -0.332 e. The van der Waals surface area contributed by atoms with Gasteiger partial charge in [-0.2, -0.15) is 0 Å². The molecule has 2 rings (SSSR count). The normalized spacial score (nSPS) is 21.9. The molecule has 18 heavy (non-hydrogen) atoms. The zero-order valence-corrected chi connectivity index (χ0v) is 11.7. The zero-order chi connectivity index (χ0) is 13.0. The Morgan fingerprint density at radius 2 is 2.50 bits per heavy atom. The molecule has 1 amide bonds. The van der Waals surface area contributed by atoms with E-state index in [2.05, 4.69) is 11.9 Å². The molecule has 5 heteroatoms. The van der Waals surface area contributed by atoms with Crippen LogP contribution in [0.3, 0.4) is 0 Å². The SMILES string of the molecule is CCCC(N)C(=O)N1CCCCC1c1nccs1. The van der Waals surface area contributed by atoms with Crippen LogP contribution in [0.5, 0.6) is 0 Å². The number of piperidine rings is 1. The molecule has 100 valence electrons. The Labute approximate surface area is 112 Å². The number of hydrogen-bond donors (Lipinski definition) is 1. The molecule has 1 fully saturated rings. The van der Waals surface area contributed by atoms with Crippen molar-refractivity contribution in [1.82, 2.24) is 9.88 Å². The summed E-state index contributed by atoms with van der Waals surface area (Å²) >= 11 is 1.63. The first-order valence-electron chi connectivity index (χ1n) is 6.69. The number of likely N-dealkylation sites (tertiary alicyclic amines) is 1. The number of hydrogen-bond acceptors (Lipinski definition) is 4. The van der Waals surface area contributed by atoms with E-state index in [9.17, 15) is 4.79 Å². The van der Waals surface area contributed by atoms with Crippen LogP contribution in [0.25, 0.3) is 0 Å². The average Bonchev–Trinajstić information content (AvgIpc) is 2.92. The molecule has 1 saturated heterocycles. The molecule has 2 N–H and O–H groups in total. The van der Waals surface area contributed by atoms with Gasteiger partial charge in [-0.15, -0.1) is 11.3 Å². The first kappa shape index (κ1) is 13.5. The van der Waals surface area contributed by atoms with Crippen molar-refractivity contribution in [1.29, 1.82) is 0 Å². The van der Waals surface area contributed by atoms with Crippen LogP contribution in [0.2, 0.25) is 0 Å². The Morgan fingerprint density at radius 1 is 1.67 bits per heavy atom. The first-order chi connectivity index (χ1) is 8.74. The van der Waals surface area contributed by atoms with Crippen molar-refractivity contribution in [2.75, 3.05) is 6.54 Å². The van der Waals surface area contributed by atoms with Gasteiger partial charge in [-0.1, -0.05) is 13.3 Å². The van der Waals surface area contributed by atoms with Crippen LogP contribution >= 0.6 is 11.3 Å². The van der Waals surface area contributed by atoms with Gasteiger partial charge >= 0.3 is 0 Å². The lowest BCUT2D eigenvalue weighted by Crippen LogP contribution is -2.47. The second kappa shape index (κ2) is 6.29. The van der Waals surface area contributed by atoms with Crippen LogP contribution < -0.4 is 5.73 Å². The predicted molar refractivity (Wildman–Crippen MR) is 73.3 cm³/mol. The van der Waals surface area contributed by atoms with E-state index < -0.39 is 0 Å². The number of carbonyl (C=O) groups is 1. The second-order valence-corrected chi connectivity index (χ2v) is 5.73. The summed E-state index contributed by atoms with van der Waals surface area (Å²) in [5.74, 6) is 0.0942. The van der Waals surface area contributed by atoms with E-state index >= 15 is 0 Å². The van der Waals surface area contributed by atoms with E-state index in [0.29, 0.717) is 0 Å². The van der Waals surface area contributed by atoms with Gasteiger partial charge in [0.1, 0.15) is 5.01 Å². The van der Waals surface area contributed by atoms with Gasteiger partial charge < -0.3 is 10.6 Å². The van der Waals surface area contributed by atoms with Crippen molar-refractivity contribution >= 4 is 17.2 Å². The smallest absolute Gasteiger partial charge is 0.240 e. The standard InChI is InChI=1S/C13H21N3OS/c1-2-5-10(14)13(17)16-8-4-3-6-11(16)12-15-7-9-18-12/h7,9-11H,2-6,8,14H2,1H3. The zero-order valence-electron chi connectivity index (χ0n) is 10.8. The van der Waals surface area contributed by atoms with Crippen LogP contribution in [0, 0.1) is 0 Å². The number of carbonyl (C=O) groups excluding carboxylic acids is 1. The van der Waals surface area contributed by atoms with Crippen LogP contribution in [0.4, 0.5) is 0 Å². The van der Waals surface area contributed by atoms with Crippen LogP contribution in [-0.4, -0.2) is 28.4 Å². The topological polar surface area (TPSA) is 59.2 Å². The van der Waals surface area contributed by atoms with E-state index in [1.807, 2.05) is 16.5 Å². The highest BCUT2D eigenvalue weighted by Gasteiger charge is 2.31. The molecule has 1 aliphatic rings. The average molecular weight is 267 g/mol. The van der Waals surface area contributed by atoms with Gasteiger partial charge in [-0.25, -0.2) is 4.98 Å². The molecule has 0 spiro atoms. The maximum Gasteiger partial charge on any atom is 0.240 e. The summed E-state index contributed by atoms with van der Waals surface area (Å²) in [6, 6.07) is -0.204. The van der Waals surface area contributed by atoms with Crippen LogP contribution in [0.1, 0.15) is 50.1 Å². The molecule has 0 aliphatic carbocycles. The van der Waals surface area contributed by atoms with Gasteiger partial charge in [0.2, 0.25) is 5.91 Å². The lowest BCUT2D eigenvalue weighted by molar-refractivity contribution is -0.136. The molecule has 2 heterocycles. The van der Waals surface area contributed by atoms with Gasteiger partial charge in [-0.05, 0) is 25.7 Å². The summed E-state index contributed by atoms with van der Waals surface area (Å²) in [6.07, 6.45) is 6.77. The lowest BCUT2D eigenvalue weighted by atomic mass is 10.0. The quantitative estimate of drug-likeness (QED) is 0.910. The van der Waals surface area contributed by atoms with Gasteiger partial charge in [0, 0.05) is 18.1 Å². The first-order valence-corrected chi connectivity index (χ1v) is 7.57. The Morgan fingerprint density at radius 3 is 3.17 bits per heavy atom. The third-order valence-corrected chi connectivity index (χ3v) is 4.32. The van der Waals surface area contributed by atoms with Crippen molar-refractivity contribution in [3.8, 4) is 0 Å². The summed E-state index contributed by atoms with van der Waals surface area (Å²) in [5, 5.41) is 3.02. The maximum absolute atomic E-state index is 12.4. The summed E-state index contributed by atoms with van der Waals surface area (Å²) in [4.78, 5) is 18.7. The fraction of sp³-hybridized carbons (Fsp3) is 0.692. The van der Waals surface area contributed by atoms with Crippen molar-refractivity contribution in [2.24, 2.45) is 5.73 Å². The van der Waals surface area contributed by atoms with E-state index in [-0.39, 0.29) is 18.0 Å². The summed E-state index contributed by atoms with van der Waals surface area (Å²) in [5.41, 5.74) is 5.97. The number of thiazole rings is 1. The number of rotatable bonds is 4. The van der Waals surface area contributed by atoms with Crippen LogP contribution in [0.15, 0.2) is 11.6 Å². The molecule has 1 aromatic rings. The third-order valence-electron chi connectivity index (χ3n) is 3.44. The van der Waals surface area contributed by atoms with Gasteiger partial charge in [0.15, 0.2) is 0 Å². The second-order valence-electron chi connectivity index (χ2n) is 4.81. The molecule has 0 saturated carbocycles. The predicted octanol–water partition coefficient (Wildman–Crippen LogP) is 2.32. The van der Waals surface area contributed by atoms with Crippen molar-refractivity contribution in [2.45, 2.75) is 51.1 Å². The fourth-order valence-corrected chi connectivity index (χ4v) is 3.28. The number of nitrogens with zero attached hydrogens (tertiary/aromatic N) is 2. The summed E-state index contributed by atoms with van der Waals surface area (Å²) in [6.45, 7) is 2.88. The molecule has 0 aromatic carbocycles. The monoisotopic (exact) mass is 267 g/mol. The van der Waals surface area contributed by atoms with Crippen molar-refractivity contribution in [3.05, 3.63) is 16.6 Å². The Balaban J connectivity index is 2.10. The highest BCUT2D eigenvalue weighted by Crippen LogP contribution is 2.32. The lowest BCUT2D eigenvalue weighted by Gasteiger charge is -2.36. The van der Waals surface area contributed by atoms with E-state index in [1.54, 1.807) is 11.3 Å². The fourth-order valence-electron chi connectivity index (χ4n) is 2.50. The minimum atomic E-state index is -0.351. The molecule has 1 aliphatic heterocycles. The molecule has 1 aromatic heterocycles. The molecule has 2 unspecified atom stereocenters. The largest absolute Gasteiger partial charge is 0.332 e. The maximum atomic E-state index is 12.4. The van der Waals surface area contributed by atoms with Crippen molar-refractivity contribution in [3.63, 3.8) is 0 Å². The minimum absolute atomic E-state index is 0.0942. The molecule has 0 bridgehead atoms. The molecule has 0 radical (unpaired) electrons. The molecular weight excluding hydrogens is 246 g/mol. The number of aromatic nitrogens is 1. The van der Waals surface area contributed by atoms with Gasteiger partial charge in [-0.3, -0.25) is 4.79 Å². The summed E-state index contributed by atoms with van der Waals surface area (Å²) < 4.78 is 0. The molecule has 2 atom stereocenters. The Hall–Kier alpha value is -0.940. The third kappa shape index (κ3) is 2.90. The number of nitrogens with two attached hydrogens (primary N) is 1. The van der Waals surface area contributed by atoms with E-state index in [0.717, 1.165) is 43.7 Å². The van der Waals surface area contributed by atoms with Crippen LogP contribution in [-0.2, 0) is 4.79 Å². The van der Waals surface area contributed by atoms with Gasteiger partial charge in [0.25, 0.3) is 0 Å². The summed E-state index contributed by atoms with van der Waals surface area (Å²) in [7, 11) is 0. The highest BCUT2D eigenvalue weighted by atomic mass is 32.1. The number of amides is 1. The van der Waals surface area contributed by atoms with E-state index in [1.165, 1.54) is 0 Å². The van der Waals surface area contributed by atoms with Gasteiger partial charge in [0.05, 0.1) is 12.1 Å². The Kier molecular flexibility index (Phi) is 4.72.